The van der Waals surface area contributed by atoms with Crippen LogP contribution < -0.4 is 5.84 Å². The van der Waals surface area contributed by atoms with Gasteiger partial charge in [0.2, 0.25) is 0 Å². The van der Waals surface area contributed by atoms with Gasteiger partial charge in [-0.15, -0.1) is 10.2 Å². The van der Waals surface area contributed by atoms with Crippen LogP contribution >= 0.6 is 12.2 Å². The Balaban J connectivity index is 2.42. The van der Waals surface area contributed by atoms with Crippen molar-refractivity contribution in [2.45, 2.75) is 39.0 Å². The van der Waals surface area contributed by atoms with E-state index in [1.54, 1.807) is 0 Å². The third-order valence-corrected chi connectivity index (χ3v) is 2.36. The zero-order valence-corrected chi connectivity index (χ0v) is 9.26. The number of nitrogen functional groups attached to an aromatic ring is 1. The Kier molecular flexibility index (Phi) is 4.52. The number of hydrogen-bond acceptors (Lipinski definition) is 4. The maximum Gasteiger partial charge on any atom is 0.186 e. The van der Waals surface area contributed by atoms with Crippen LogP contribution in [0.5, 0.6) is 0 Å². The van der Waals surface area contributed by atoms with Crippen molar-refractivity contribution in [1.82, 2.24) is 14.9 Å². The van der Waals surface area contributed by atoms with Crippen LogP contribution in [0, 0.1) is 0 Å². The van der Waals surface area contributed by atoms with E-state index in [0.29, 0.717) is 5.82 Å². The van der Waals surface area contributed by atoms with E-state index in [0.717, 1.165) is 18.7 Å². The van der Waals surface area contributed by atoms with Crippen molar-refractivity contribution in [3.63, 3.8) is 0 Å². The van der Waals surface area contributed by atoms with Gasteiger partial charge in [0.05, 0.1) is 0 Å². The first-order chi connectivity index (χ1) is 6.79. The molecule has 0 aromatic carbocycles. The van der Waals surface area contributed by atoms with Gasteiger partial charge < -0.3 is 5.84 Å². The van der Waals surface area contributed by atoms with Crippen molar-refractivity contribution in [2.75, 3.05) is 5.84 Å². The number of thiocarbonyl (C=S) groups is 1. The lowest BCUT2D eigenvalue weighted by molar-refractivity contribution is 0.643. The Bertz CT molecular complexity index is 295. The highest BCUT2D eigenvalue weighted by atomic mass is 32.1. The van der Waals surface area contributed by atoms with E-state index >= 15 is 0 Å². The molecule has 5 heteroatoms. The minimum absolute atomic E-state index is 0.561. The number of nitrogens with zero attached hydrogens (tertiary/aromatic N) is 3. The summed E-state index contributed by atoms with van der Waals surface area (Å²) < 4.78 is 1.47. The Labute approximate surface area is 89.5 Å². The minimum atomic E-state index is 0.561. The molecule has 0 saturated heterocycles. The molecule has 2 N–H and O–H groups in total. The molecule has 0 fully saturated rings. The monoisotopic (exact) mass is 212 g/mol. The Morgan fingerprint density at radius 2 is 2.14 bits per heavy atom. The lowest BCUT2D eigenvalue weighted by Crippen LogP contribution is -2.15. The molecule has 0 bridgehead atoms. The fourth-order valence-corrected chi connectivity index (χ4v) is 1.46. The van der Waals surface area contributed by atoms with E-state index in [2.05, 4.69) is 17.1 Å². The van der Waals surface area contributed by atoms with Crippen LogP contribution in [0.2, 0.25) is 0 Å². The molecular weight excluding hydrogens is 196 g/mol. The van der Waals surface area contributed by atoms with E-state index in [-0.39, 0.29) is 0 Å². The van der Waals surface area contributed by atoms with Crippen molar-refractivity contribution in [2.24, 2.45) is 0 Å². The zero-order valence-electron chi connectivity index (χ0n) is 8.44. The largest absolute Gasteiger partial charge is 0.336 e. The normalized spacial score (nSPS) is 10.4. The quantitative estimate of drug-likeness (QED) is 0.440. The van der Waals surface area contributed by atoms with Gasteiger partial charge in [0.25, 0.3) is 0 Å². The smallest absolute Gasteiger partial charge is 0.186 e. The van der Waals surface area contributed by atoms with Crippen molar-refractivity contribution in [3.8, 4) is 0 Å². The van der Waals surface area contributed by atoms with Gasteiger partial charge in [-0.2, -0.15) is 0 Å². The summed E-state index contributed by atoms with van der Waals surface area (Å²) in [6.07, 6.45) is 5.71. The average molecular weight is 212 g/mol. The molecule has 4 nitrogen and oxygen atoms in total. The minimum Gasteiger partial charge on any atom is -0.336 e. The molecule has 0 spiro atoms. The summed E-state index contributed by atoms with van der Waals surface area (Å²) in [7, 11) is 0. The van der Waals surface area contributed by atoms with Crippen LogP contribution in [-0.4, -0.2) is 20.2 Å². The molecule has 14 heavy (non-hydrogen) atoms. The lowest BCUT2D eigenvalue weighted by atomic mass is 10.1. The predicted octanol–water partition coefficient (Wildman–Crippen LogP) is 1.46. The van der Waals surface area contributed by atoms with Crippen molar-refractivity contribution in [1.29, 1.82) is 0 Å². The van der Waals surface area contributed by atoms with Gasteiger partial charge in [0, 0.05) is 11.8 Å². The summed E-state index contributed by atoms with van der Waals surface area (Å²) in [4.78, 5) is 0. The number of nitrogens with two attached hydrogens (primary N) is 1. The molecule has 1 rings (SSSR count). The molecule has 1 aromatic heterocycles. The van der Waals surface area contributed by atoms with Crippen LogP contribution in [0.4, 0.5) is 0 Å². The summed E-state index contributed by atoms with van der Waals surface area (Å²) in [5.41, 5.74) is 0. The van der Waals surface area contributed by atoms with E-state index < -0.39 is 0 Å². The SMILES string of the molecule is CCCCCCc1nnc(C=S)n1N. The van der Waals surface area contributed by atoms with Gasteiger partial charge in [-0.3, -0.25) is 0 Å². The second kappa shape index (κ2) is 5.70. The van der Waals surface area contributed by atoms with Gasteiger partial charge in [-0.25, -0.2) is 4.68 Å². The fourth-order valence-electron chi connectivity index (χ4n) is 1.30. The predicted molar refractivity (Wildman–Crippen MR) is 60.8 cm³/mol. The highest BCUT2D eigenvalue weighted by Crippen LogP contribution is 2.05. The van der Waals surface area contributed by atoms with Crippen LogP contribution in [0.3, 0.4) is 0 Å². The first kappa shape index (κ1) is 11.1. The van der Waals surface area contributed by atoms with Crippen LogP contribution in [-0.2, 0) is 6.42 Å². The Morgan fingerprint density at radius 1 is 1.36 bits per heavy atom. The topological polar surface area (TPSA) is 56.7 Å². The number of unbranched alkanes of at least 4 members (excludes halogenated alkanes) is 3. The molecule has 1 aromatic rings. The molecule has 0 saturated carbocycles. The maximum absolute atomic E-state index is 5.72. The summed E-state index contributed by atoms with van der Waals surface area (Å²) in [5.74, 6) is 7.10. The average Bonchev–Trinajstić information content (AvgIpc) is 2.55. The third kappa shape index (κ3) is 2.77. The third-order valence-electron chi connectivity index (χ3n) is 2.15. The van der Waals surface area contributed by atoms with Crippen molar-refractivity contribution < 1.29 is 0 Å². The number of rotatable bonds is 6. The fraction of sp³-hybridized carbons (Fsp3) is 0.667. The second-order valence-electron chi connectivity index (χ2n) is 3.27. The number of aromatic nitrogens is 3. The zero-order chi connectivity index (χ0) is 10.4. The molecule has 78 valence electrons. The van der Waals surface area contributed by atoms with Crippen LogP contribution in [0.1, 0.15) is 44.3 Å². The standard InChI is InChI=1S/C9H16N4S/c1-2-3-4-5-6-8-11-12-9(7-14)13(8)10/h7H,2-6,10H2,1H3. The number of aryl methyl sites for hydroxylation is 1. The highest BCUT2D eigenvalue weighted by Gasteiger charge is 2.05. The molecule has 0 aliphatic rings. The van der Waals surface area contributed by atoms with E-state index in [4.69, 9.17) is 18.1 Å². The summed E-state index contributed by atoms with van der Waals surface area (Å²) in [6, 6.07) is 0. The number of hydrogen-bond donors (Lipinski definition) is 1. The van der Waals surface area contributed by atoms with Crippen molar-refractivity contribution in [3.05, 3.63) is 11.6 Å². The van der Waals surface area contributed by atoms with Crippen LogP contribution in [0.15, 0.2) is 0 Å². The molecule has 1 heterocycles. The van der Waals surface area contributed by atoms with Gasteiger partial charge in [0.1, 0.15) is 0 Å². The molecule has 0 radical (unpaired) electrons. The summed E-state index contributed by atoms with van der Waals surface area (Å²) in [5, 5.41) is 9.28. The van der Waals surface area contributed by atoms with Gasteiger partial charge in [0.15, 0.2) is 11.6 Å². The molecule has 0 atom stereocenters. The molecule has 0 amide bonds. The van der Waals surface area contributed by atoms with Gasteiger partial charge in [-0.1, -0.05) is 38.4 Å². The Morgan fingerprint density at radius 3 is 2.71 bits per heavy atom. The van der Waals surface area contributed by atoms with Crippen molar-refractivity contribution >= 4 is 17.6 Å². The summed E-state index contributed by atoms with van der Waals surface area (Å²) >= 11 is 4.75. The highest BCUT2D eigenvalue weighted by molar-refractivity contribution is 7.79. The second-order valence-corrected chi connectivity index (χ2v) is 3.51. The van der Waals surface area contributed by atoms with Crippen LogP contribution in [0.25, 0.3) is 0 Å². The van der Waals surface area contributed by atoms with E-state index in [9.17, 15) is 0 Å². The molecular formula is C9H16N4S. The molecule has 0 unspecified atom stereocenters. The lowest BCUT2D eigenvalue weighted by Gasteiger charge is -2.00. The first-order valence-corrected chi connectivity index (χ1v) is 5.41. The van der Waals surface area contributed by atoms with E-state index in [1.165, 1.54) is 29.3 Å². The summed E-state index contributed by atoms with van der Waals surface area (Å²) in [6.45, 7) is 2.19. The van der Waals surface area contributed by atoms with E-state index in [1.807, 2.05) is 0 Å². The first-order valence-electron chi connectivity index (χ1n) is 4.94. The maximum atomic E-state index is 5.72. The van der Waals surface area contributed by atoms with Gasteiger partial charge >= 0.3 is 0 Å². The van der Waals surface area contributed by atoms with Gasteiger partial charge in [-0.05, 0) is 6.42 Å². The molecule has 0 aliphatic carbocycles. The Hall–Kier alpha value is -0.970. The molecule has 0 aliphatic heterocycles.